The third kappa shape index (κ3) is 6.88. The van der Waals surface area contributed by atoms with E-state index in [4.69, 9.17) is 9.15 Å². The summed E-state index contributed by atoms with van der Waals surface area (Å²) in [6, 6.07) is 5.68. The summed E-state index contributed by atoms with van der Waals surface area (Å²) in [7, 11) is 0. The van der Waals surface area contributed by atoms with E-state index in [2.05, 4.69) is 20.1 Å². The number of nitrogens with zero attached hydrogens (tertiary/aromatic N) is 3. The van der Waals surface area contributed by atoms with E-state index in [0.717, 1.165) is 26.2 Å². The highest BCUT2D eigenvalue weighted by Gasteiger charge is 2.21. The molecule has 8 nitrogen and oxygen atoms in total. The molecule has 0 unspecified atom stereocenters. The number of β-amino-alcohol motifs (C(OH)–C–C–N with tert-alkyl or cyclic N) is 1. The summed E-state index contributed by atoms with van der Waals surface area (Å²) in [4.78, 5) is 20.9. The molecule has 0 spiro atoms. The Hall–Kier alpha value is -2.33. The molecule has 1 atom stereocenters. The predicted octanol–water partition coefficient (Wildman–Crippen LogP) is 1.97. The van der Waals surface area contributed by atoms with E-state index < -0.39 is 17.8 Å². The molecule has 1 saturated heterocycles. The van der Waals surface area contributed by atoms with Gasteiger partial charge in [0.05, 0.1) is 25.4 Å². The lowest BCUT2D eigenvalue weighted by atomic mass is 10.2. The zero-order valence-corrected chi connectivity index (χ0v) is 17.4. The highest BCUT2D eigenvalue weighted by Crippen LogP contribution is 2.13. The van der Waals surface area contributed by atoms with E-state index in [1.54, 1.807) is 6.07 Å². The zero-order valence-electron chi connectivity index (χ0n) is 17.4. The number of benzene rings is 1. The van der Waals surface area contributed by atoms with Crippen LogP contribution in [0.4, 0.5) is 10.1 Å². The van der Waals surface area contributed by atoms with E-state index >= 15 is 0 Å². The highest BCUT2D eigenvalue weighted by molar-refractivity contribution is 6.02. The Kier molecular flexibility index (Phi) is 7.92. The molecule has 1 fully saturated rings. The number of halogens is 1. The molecule has 0 radical (unpaired) electrons. The molecule has 2 heterocycles. The van der Waals surface area contributed by atoms with Gasteiger partial charge in [-0.05, 0) is 32.0 Å². The van der Waals surface area contributed by atoms with Crippen LogP contribution in [0.25, 0.3) is 0 Å². The van der Waals surface area contributed by atoms with Gasteiger partial charge in [0.1, 0.15) is 12.1 Å². The number of carbonyl (C=O) groups excluding carboxylic acids is 1. The molecule has 0 saturated carbocycles. The van der Waals surface area contributed by atoms with E-state index in [-0.39, 0.29) is 11.8 Å². The average Bonchev–Trinajstić information content (AvgIpc) is 3.17. The van der Waals surface area contributed by atoms with Crippen LogP contribution in [-0.2, 0) is 11.3 Å². The van der Waals surface area contributed by atoms with Crippen LogP contribution in [-0.4, -0.2) is 77.3 Å². The van der Waals surface area contributed by atoms with Crippen molar-refractivity contribution in [2.75, 3.05) is 44.6 Å². The SMILES string of the molecule is CC(C)OC[C@H](O)CN1CCN(Cc2nc(C(=O)Nc3cccc(F)c3)co2)CC1. The monoisotopic (exact) mass is 420 g/mol. The maximum absolute atomic E-state index is 13.2. The van der Waals surface area contributed by atoms with Crippen molar-refractivity contribution in [2.24, 2.45) is 0 Å². The molecule has 1 aromatic heterocycles. The van der Waals surface area contributed by atoms with E-state index in [1.807, 2.05) is 13.8 Å². The first kappa shape index (κ1) is 22.4. The van der Waals surface area contributed by atoms with Gasteiger partial charge in [-0.2, -0.15) is 0 Å². The molecule has 2 aromatic rings. The van der Waals surface area contributed by atoms with Gasteiger partial charge in [-0.1, -0.05) is 6.07 Å². The van der Waals surface area contributed by atoms with E-state index in [0.29, 0.717) is 31.3 Å². The van der Waals surface area contributed by atoms with Gasteiger partial charge in [0.2, 0.25) is 5.89 Å². The number of amides is 1. The first-order valence-electron chi connectivity index (χ1n) is 10.1. The number of aliphatic hydroxyl groups excluding tert-OH is 1. The second-order valence-electron chi connectivity index (χ2n) is 7.70. The molecule has 2 N–H and O–H groups in total. The maximum atomic E-state index is 13.2. The van der Waals surface area contributed by atoms with Crippen molar-refractivity contribution in [3.05, 3.63) is 47.9 Å². The van der Waals surface area contributed by atoms with Crippen LogP contribution in [0.1, 0.15) is 30.2 Å². The number of aliphatic hydroxyl groups is 1. The van der Waals surface area contributed by atoms with Gasteiger partial charge in [0.25, 0.3) is 5.91 Å². The molecular formula is C21H29FN4O4. The maximum Gasteiger partial charge on any atom is 0.277 e. The topological polar surface area (TPSA) is 91.1 Å². The number of carbonyl (C=O) groups is 1. The van der Waals surface area contributed by atoms with Crippen molar-refractivity contribution in [3.63, 3.8) is 0 Å². The second kappa shape index (κ2) is 10.6. The summed E-state index contributed by atoms with van der Waals surface area (Å²) in [6.45, 7) is 8.60. The molecule has 164 valence electrons. The lowest BCUT2D eigenvalue weighted by Crippen LogP contribution is -2.48. The minimum atomic E-state index is -0.496. The summed E-state index contributed by atoms with van der Waals surface area (Å²) in [5, 5.41) is 12.7. The Morgan fingerprint density at radius 3 is 2.73 bits per heavy atom. The third-order valence-electron chi connectivity index (χ3n) is 4.78. The van der Waals surface area contributed by atoms with Crippen LogP contribution in [0.15, 0.2) is 34.9 Å². The summed E-state index contributed by atoms with van der Waals surface area (Å²) in [5.41, 5.74) is 0.517. The van der Waals surface area contributed by atoms with Crippen LogP contribution in [0.2, 0.25) is 0 Å². The number of rotatable bonds is 9. The normalized spacial score (nSPS) is 16.7. The number of piperazine rings is 1. The van der Waals surface area contributed by atoms with Crippen molar-refractivity contribution >= 4 is 11.6 Å². The molecular weight excluding hydrogens is 391 g/mol. The van der Waals surface area contributed by atoms with Crippen molar-refractivity contribution in [2.45, 2.75) is 32.6 Å². The Balaban J connectivity index is 1.42. The van der Waals surface area contributed by atoms with Gasteiger partial charge in [0, 0.05) is 38.4 Å². The van der Waals surface area contributed by atoms with Crippen molar-refractivity contribution in [1.29, 1.82) is 0 Å². The van der Waals surface area contributed by atoms with Crippen LogP contribution in [0.5, 0.6) is 0 Å². The number of nitrogens with one attached hydrogen (secondary N) is 1. The van der Waals surface area contributed by atoms with Gasteiger partial charge in [-0.3, -0.25) is 14.6 Å². The third-order valence-corrected chi connectivity index (χ3v) is 4.78. The van der Waals surface area contributed by atoms with Crippen molar-refractivity contribution < 1.29 is 23.4 Å². The summed E-state index contributed by atoms with van der Waals surface area (Å²) < 4.78 is 24.1. The first-order chi connectivity index (χ1) is 14.4. The molecule has 1 aliphatic rings. The van der Waals surface area contributed by atoms with Crippen molar-refractivity contribution in [3.8, 4) is 0 Å². The highest BCUT2D eigenvalue weighted by atomic mass is 19.1. The molecule has 3 rings (SSSR count). The number of hydrogen-bond acceptors (Lipinski definition) is 7. The number of hydrogen-bond donors (Lipinski definition) is 2. The number of oxazole rings is 1. The lowest BCUT2D eigenvalue weighted by Gasteiger charge is -2.35. The van der Waals surface area contributed by atoms with Gasteiger partial charge >= 0.3 is 0 Å². The molecule has 30 heavy (non-hydrogen) atoms. The average molecular weight is 420 g/mol. The van der Waals surface area contributed by atoms with Crippen LogP contribution < -0.4 is 5.32 Å². The lowest BCUT2D eigenvalue weighted by molar-refractivity contribution is -0.0151. The predicted molar refractivity (Wildman–Crippen MR) is 110 cm³/mol. The van der Waals surface area contributed by atoms with Crippen LogP contribution in [0, 0.1) is 5.82 Å². The first-order valence-corrected chi connectivity index (χ1v) is 10.1. The van der Waals surface area contributed by atoms with Gasteiger partial charge in [-0.25, -0.2) is 9.37 Å². The van der Waals surface area contributed by atoms with Gasteiger partial charge < -0.3 is 19.6 Å². The Bertz CT molecular complexity index is 821. The van der Waals surface area contributed by atoms with Gasteiger partial charge in [-0.15, -0.1) is 0 Å². The molecule has 0 bridgehead atoms. The van der Waals surface area contributed by atoms with E-state index in [1.165, 1.54) is 24.5 Å². The summed E-state index contributed by atoms with van der Waals surface area (Å²) in [5.74, 6) is -0.413. The van der Waals surface area contributed by atoms with Crippen molar-refractivity contribution in [1.82, 2.24) is 14.8 Å². The smallest absolute Gasteiger partial charge is 0.277 e. The Labute approximate surface area is 175 Å². The number of ether oxygens (including phenoxy) is 1. The molecule has 1 aromatic carbocycles. The van der Waals surface area contributed by atoms with Gasteiger partial charge in [0.15, 0.2) is 5.69 Å². The Morgan fingerprint density at radius 1 is 1.30 bits per heavy atom. The quantitative estimate of drug-likeness (QED) is 0.641. The Morgan fingerprint density at radius 2 is 2.03 bits per heavy atom. The largest absolute Gasteiger partial charge is 0.447 e. The molecule has 0 aliphatic carbocycles. The minimum absolute atomic E-state index is 0.109. The number of anilines is 1. The summed E-state index contributed by atoms with van der Waals surface area (Å²) >= 11 is 0. The zero-order chi connectivity index (χ0) is 21.5. The summed E-state index contributed by atoms with van der Waals surface area (Å²) in [6.07, 6.45) is 0.925. The van der Waals surface area contributed by atoms with Crippen LogP contribution in [0.3, 0.4) is 0 Å². The molecule has 9 heteroatoms. The van der Waals surface area contributed by atoms with Crippen LogP contribution >= 0.6 is 0 Å². The fourth-order valence-corrected chi connectivity index (χ4v) is 3.22. The number of aromatic nitrogens is 1. The standard InChI is InChI=1S/C21H29FN4O4/c1-15(2)29-13-18(27)11-25-6-8-26(9-7-25)12-20-24-19(14-30-20)21(28)23-17-5-3-4-16(22)10-17/h3-5,10,14-15,18,27H,6-9,11-13H2,1-2H3,(H,23,28)/t18-/m1/s1. The molecule has 1 aliphatic heterocycles. The fourth-order valence-electron chi connectivity index (χ4n) is 3.22. The molecule has 1 amide bonds. The fraction of sp³-hybridized carbons (Fsp3) is 0.524. The van der Waals surface area contributed by atoms with E-state index in [9.17, 15) is 14.3 Å². The minimum Gasteiger partial charge on any atom is -0.447 e. The second-order valence-corrected chi connectivity index (χ2v) is 7.70.